The summed E-state index contributed by atoms with van der Waals surface area (Å²) in [5.74, 6) is -1.83. The highest BCUT2D eigenvalue weighted by atomic mass is 16.5. The van der Waals surface area contributed by atoms with Crippen LogP contribution in [0.3, 0.4) is 0 Å². The minimum Gasteiger partial charge on any atom is -0.463 e. The van der Waals surface area contributed by atoms with E-state index in [0.29, 0.717) is 25.7 Å². The van der Waals surface area contributed by atoms with Crippen molar-refractivity contribution in [2.45, 2.75) is 64.0 Å². The number of amides is 2. The molecule has 7 heteroatoms. The molecule has 0 radical (unpaired) electrons. The predicted octanol–water partition coefficient (Wildman–Crippen LogP) is 4.55. The first-order valence-corrected chi connectivity index (χ1v) is 14.0. The van der Waals surface area contributed by atoms with Gasteiger partial charge < -0.3 is 20.5 Å². The molecule has 0 aliphatic carbocycles. The van der Waals surface area contributed by atoms with Crippen molar-refractivity contribution in [3.8, 4) is 0 Å². The zero-order valence-corrected chi connectivity index (χ0v) is 23.6. The van der Waals surface area contributed by atoms with Crippen molar-refractivity contribution in [2.75, 3.05) is 13.2 Å². The highest BCUT2D eigenvalue weighted by molar-refractivity contribution is 5.86. The van der Waals surface area contributed by atoms with Gasteiger partial charge >= 0.3 is 5.97 Å². The van der Waals surface area contributed by atoms with Gasteiger partial charge in [-0.25, -0.2) is 0 Å². The Morgan fingerprint density at radius 1 is 0.900 bits per heavy atom. The summed E-state index contributed by atoms with van der Waals surface area (Å²) in [7, 11) is 0. The Hall–Kier alpha value is -3.71. The molecule has 0 saturated heterocycles. The molecule has 0 spiro atoms. The fraction of sp³-hybridized carbons (Fsp3) is 0.424. The number of unbranched alkanes of at least 4 members (excludes halogenated alkanes) is 1. The Labute approximate surface area is 238 Å². The quantitative estimate of drug-likeness (QED) is 0.136. The molecule has 0 aliphatic heterocycles. The van der Waals surface area contributed by atoms with Crippen LogP contribution in [0.4, 0.5) is 0 Å². The fourth-order valence-corrected chi connectivity index (χ4v) is 4.49. The van der Waals surface area contributed by atoms with E-state index >= 15 is 0 Å². The van der Waals surface area contributed by atoms with Gasteiger partial charge in [0.05, 0.1) is 30.5 Å². The molecule has 2 aromatic rings. The number of hydrogen-bond acceptors (Lipinski definition) is 5. The van der Waals surface area contributed by atoms with Gasteiger partial charge in [0.25, 0.3) is 0 Å². The lowest BCUT2D eigenvalue weighted by Crippen LogP contribution is -2.44. The first-order chi connectivity index (χ1) is 19.4. The molecule has 7 nitrogen and oxygen atoms in total. The van der Waals surface area contributed by atoms with Crippen LogP contribution in [0, 0.1) is 11.8 Å². The molecule has 0 fully saturated rings. The first-order valence-electron chi connectivity index (χ1n) is 14.0. The van der Waals surface area contributed by atoms with E-state index in [-0.39, 0.29) is 43.3 Å². The van der Waals surface area contributed by atoms with Crippen molar-refractivity contribution >= 4 is 17.8 Å². The van der Waals surface area contributed by atoms with Gasteiger partial charge in [-0.1, -0.05) is 72.8 Å². The van der Waals surface area contributed by atoms with E-state index in [2.05, 4.69) is 23.8 Å². The number of esters is 1. The van der Waals surface area contributed by atoms with Gasteiger partial charge in [-0.2, -0.15) is 0 Å². The van der Waals surface area contributed by atoms with E-state index in [1.807, 2.05) is 66.7 Å². The van der Waals surface area contributed by atoms with Crippen LogP contribution in [0.25, 0.3) is 0 Å². The molecular weight excluding hydrogens is 504 g/mol. The summed E-state index contributed by atoms with van der Waals surface area (Å²) in [6, 6.07) is 18.5. The van der Waals surface area contributed by atoms with Gasteiger partial charge in [0.2, 0.25) is 11.8 Å². The minimum absolute atomic E-state index is 0.0357. The molecule has 0 aliphatic rings. The van der Waals surface area contributed by atoms with E-state index < -0.39 is 18.0 Å². The molecule has 2 rings (SSSR count). The summed E-state index contributed by atoms with van der Waals surface area (Å²) in [6.45, 7) is 9.07. The summed E-state index contributed by atoms with van der Waals surface area (Å²) in [5.41, 5.74) is 2.07. The number of nitrogens with one attached hydrogen (secondary N) is 2. The fourth-order valence-electron chi connectivity index (χ4n) is 4.49. The third-order valence-electron chi connectivity index (χ3n) is 6.65. The number of carbonyl (C=O) groups is 3. The third-order valence-corrected chi connectivity index (χ3v) is 6.65. The highest BCUT2D eigenvalue weighted by Crippen LogP contribution is 2.18. The number of benzene rings is 2. The number of aliphatic hydroxyl groups excluding tert-OH is 1. The Balaban J connectivity index is 1.87. The minimum atomic E-state index is -0.628. The topological polar surface area (TPSA) is 105 Å². The normalized spacial score (nSPS) is 13.8. The van der Waals surface area contributed by atoms with E-state index in [4.69, 9.17) is 4.74 Å². The van der Waals surface area contributed by atoms with Crippen LogP contribution in [-0.2, 0) is 32.0 Å². The average molecular weight is 549 g/mol. The molecule has 4 atom stereocenters. The summed E-state index contributed by atoms with van der Waals surface area (Å²) < 4.78 is 5.61. The maximum absolute atomic E-state index is 13.0. The standard InChI is InChI=1S/C33H44N2O5/c1-4-6-9-19-29(20-26-15-10-7-11-16-26)33(39)40-24-25(3)34-32(38)28(14-5-2)22-31(37)35-30(23-36)21-27-17-12-8-13-18-27/h4-5,7-8,10-13,15-18,25,28-30,36H,1-2,6,9,14,19-24H2,3H3,(H,34,38)(H,35,37)/t25-,28+,29+,30+/m0/s1. The van der Waals surface area contributed by atoms with Crippen LogP contribution in [0.1, 0.15) is 50.2 Å². The Bertz CT molecular complexity index is 1060. The van der Waals surface area contributed by atoms with Crippen molar-refractivity contribution < 1.29 is 24.2 Å². The zero-order valence-electron chi connectivity index (χ0n) is 23.6. The first kappa shape index (κ1) is 32.5. The zero-order chi connectivity index (χ0) is 29.2. The van der Waals surface area contributed by atoms with E-state index in [0.717, 1.165) is 24.0 Å². The Morgan fingerprint density at radius 2 is 1.52 bits per heavy atom. The maximum Gasteiger partial charge on any atom is 0.309 e. The molecule has 2 aromatic carbocycles. The summed E-state index contributed by atoms with van der Waals surface area (Å²) in [5, 5.41) is 15.4. The van der Waals surface area contributed by atoms with E-state index in [1.54, 1.807) is 13.0 Å². The lowest BCUT2D eigenvalue weighted by molar-refractivity contribution is -0.150. The second-order valence-corrected chi connectivity index (χ2v) is 10.2. The molecule has 3 N–H and O–H groups in total. The van der Waals surface area contributed by atoms with Gasteiger partial charge in [0.1, 0.15) is 6.61 Å². The second-order valence-electron chi connectivity index (χ2n) is 10.2. The Morgan fingerprint density at radius 3 is 2.10 bits per heavy atom. The molecule has 40 heavy (non-hydrogen) atoms. The maximum atomic E-state index is 13.0. The molecule has 0 saturated carbocycles. The van der Waals surface area contributed by atoms with Crippen LogP contribution >= 0.6 is 0 Å². The van der Waals surface area contributed by atoms with Crippen molar-refractivity contribution in [3.05, 3.63) is 97.1 Å². The van der Waals surface area contributed by atoms with Crippen molar-refractivity contribution in [3.63, 3.8) is 0 Å². The molecule has 0 aromatic heterocycles. The van der Waals surface area contributed by atoms with Gasteiger partial charge in [-0.15, -0.1) is 13.2 Å². The van der Waals surface area contributed by atoms with Gasteiger partial charge in [-0.05, 0) is 56.6 Å². The summed E-state index contributed by atoms with van der Waals surface area (Å²) in [4.78, 5) is 38.6. The number of hydrogen-bond donors (Lipinski definition) is 3. The van der Waals surface area contributed by atoms with E-state index in [9.17, 15) is 19.5 Å². The summed E-state index contributed by atoms with van der Waals surface area (Å²) in [6.07, 6.45) is 7.16. The molecule has 0 heterocycles. The number of rotatable bonds is 19. The number of allylic oxidation sites excluding steroid dienone is 2. The average Bonchev–Trinajstić information content (AvgIpc) is 2.96. The lowest BCUT2D eigenvalue weighted by Gasteiger charge is -2.22. The molecule has 216 valence electrons. The smallest absolute Gasteiger partial charge is 0.309 e. The van der Waals surface area contributed by atoms with E-state index in [1.165, 1.54) is 0 Å². The third kappa shape index (κ3) is 12.4. The Kier molecular flexibility index (Phi) is 15.1. The number of aliphatic hydroxyl groups is 1. The van der Waals surface area contributed by atoms with Gasteiger partial charge in [0.15, 0.2) is 0 Å². The summed E-state index contributed by atoms with van der Waals surface area (Å²) >= 11 is 0. The number of carbonyl (C=O) groups excluding carboxylic acids is 3. The molecule has 2 amide bonds. The molecule has 0 unspecified atom stereocenters. The van der Waals surface area contributed by atoms with Crippen molar-refractivity contribution in [1.29, 1.82) is 0 Å². The van der Waals surface area contributed by atoms with Crippen molar-refractivity contribution in [2.24, 2.45) is 11.8 Å². The van der Waals surface area contributed by atoms with Crippen molar-refractivity contribution in [1.82, 2.24) is 10.6 Å². The molecule has 0 bridgehead atoms. The van der Waals surface area contributed by atoms with Crippen LogP contribution in [-0.4, -0.2) is 48.2 Å². The second kappa shape index (κ2) is 18.6. The largest absolute Gasteiger partial charge is 0.463 e. The van der Waals surface area contributed by atoms with Crippen LogP contribution in [0.15, 0.2) is 86.0 Å². The number of ether oxygens (including phenoxy) is 1. The predicted molar refractivity (Wildman–Crippen MR) is 158 cm³/mol. The highest BCUT2D eigenvalue weighted by Gasteiger charge is 2.25. The van der Waals surface area contributed by atoms with Crippen LogP contribution in [0.2, 0.25) is 0 Å². The van der Waals surface area contributed by atoms with Crippen LogP contribution in [0.5, 0.6) is 0 Å². The lowest BCUT2D eigenvalue weighted by atomic mass is 9.94. The molecular formula is C33H44N2O5. The van der Waals surface area contributed by atoms with Gasteiger partial charge in [0, 0.05) is 6.42 Å². The van der Waals surface area contributed by atoms with Gasteiger partial charge in [-0.3, -0.25) is 14.4 Å². The SMILES string of the molecule is C=CCCC[C@H](Cc1ccccc1)C(=O)OC[C@H](C)NC(=O)[C@H](CC=C)CC(=O)N[C@@H](CO)Cc1ccccc1. The monoisotopic (exact) mass is 548 g/mol. The van der Waals surface area contributed by atoms with Crippen LogP contribution < -0.4 is 10.6 Å².